The summed E-state index contributed by atoms with van der Waals surface area (Å²) in [4.78, 5) is 12.0. The standard InChI is InChI=1S/C19H18BrN3O3S/c1-2-25-16-9-3-13(4-10-16)18-22-23-19(26-18)27-12-11-17(24)21-15-7-5-14(20)6-8-15/h3-10H,2,11-12H2,1H3,(H,21,24). The van der Waals surface area contributed by atoms with Gasteiger partial charge in [-0.1, -0.05) is 27.7 Å². The molecule has 27 heavy (non-hydrogen) atoms. The molecule has 0 spiro atoms. The number of nitrogens with zero attached hydrogens (tertiary/aromatic N) is 2. The van der Waals surface area contributed by atoms with Crippen molar-refractivity contribution in [3.8, 4) is 17.2 Å². The van der Waals surface area contributed by atoms with Crippen LogP contribution in [-0.4, -0.2) is 28.5 Å². The highest BCUT2D eigenvalue weighted by molar-refractivity contribution is 9.10. The lowest BCUT2D eigenvalue weighted by Gasteiger charge is -2.04. The van der Waals surface area contributed by atoms with E-state index in [4.69, 9.17) is 9.15 Å². The first-order valence-electron chi connectivity index (χ1n) is 8.39. The third kappa shape index (κ3) is 5.83. The highest BCUT2D eigenvalue weighted by Gasteiger charge is 2.10. The Hall–Kier alpha value is -2.32. The van der Waals surface area contributed by atoms with E-state index in [0.29, 0.717) is 29.9 Å². The first-order chi connectivity index (χ1) is 13.1. The number of ether oxygens (including phenoxy) is 1. The predicted octanol–water partition coefficient (Wildman–Crippen LogP) is 5.02. The predicted molar refractivity (Wildman–Crippen MR) is 109 cm³/mol. The Morgan fingerprint density at radius 1 is 1.15 bits per heavy atom. The number of carbonyl (C=O) groups is 1. The Morgan fingerprint density at radius 3 is 2.59 bits per heavy atom. The Bertz CT molecular complexity index is 882. The molecule has 0 aliphatic carbocycles. The van der Waals surface area contributed by atoms with Crippen molar-refractivity contribution in [1.82, 2.24) is 10.2 Å². The van der Waals surface area contributed by atoms with Crippen LogP contribution in [0.2, 0.25) is 0 Å². The van der Waals surface area contributed by atoms with Crippen LogP contribution in [0.1, 0.15) is 13.3 Å². The summed E-state index contributed by atoms with van der Waals surface area (Å²) in [5, 5.41) is 11.4. The van der Waals surface area contributed by atoms with Gasteiger partial charge in [-0.05, 0) is 55.5 Å². The average Bonchev–Trinajstić information content (AvgIpc) is 3.13. The molecule has 3 aromatic rings. The molecular weight excluding hydrogens is 430 g/mol. The molecule has 0 unspecified atom stereocenters. The van der Waals surface area contributed by atoms with E-state index in [0.717, 1.165) is 21.5 Å². The number of benzene rings is 2. The van der Waals surface area contributed by atoms with Crippen molar-refractivity contribution in [2.75, 3.05) is 17.7 Å². The van der Waals surface area contributed by atoms with E-state index in [1.807, 2.05) is 55.5 Å². The second-order valence-corrected chi connectivity index (χ2v) is 7.45. The first kappa shape index (κ1) is 19.4. The van der Waals surface area contributed by atoms with Gasteiger partial charge >= 0.3 is 0 Å². The lowest BCUT2D eigenvalue weighted by molar-refractivity contribution is -0.115. The maximum Gasteiger partial charge on any atom is 0.276 e. The monoisotopic (exact) mass is 447 g/mol. The van der Waals surface area contributed by atoms with Crippen LogP contribution in [0.5, 0.6) is 5.75 Å². The second-order valence-electron chi connectivity index (χ2n) is 5.48. The van der Waals surface area contributed by atoms with Crippen LogP contribution in [-0.2, 0) is 4.79 Å². The van der Waals surface area contributed by atoms with Gasteiger partial charge < -0.3 is 14.5 Å². The Labute approximate surface area is 169 Å². The van der Waals surface area contributed by atoms with Crippen molar-refractivity contribution < 1.29 is 13.9 Å². The molecule has 1 heterocycles. The molecule has 0 atom stereocenters. The molecule has 0 saturated heterocycles. The molecule has 0 aliphatic rings. The molecule has 6 nitrogen and oxygen atoms in total. The zero-order chi connectivity index (χ0) is 19.1. The number of amides is 1. The lowest BCUT2D eigenvalue weighted by atomic mass is 10.2. The number of anilines is 1. The smallest absolute Gasteiger partial charge is 0.276 e. The van der Waals surface area contributed by atoms with Crippen molar-refractivity contribution in [1.29, 1.82) is 0 Å². The molecule has 3 rings (SSSR count). The number of hydrogen-bond acceptors (Lipinski definition) is 6. The molecule has 0 bridgehead atoms. The molecular formula is C19H18BrN3O3S. The van der Waals surface area contributed by atoms with Gasteiger partial charge in [0.05, 0.1) is 6.61 Å². The summed E-state index contributed by atoms with van der Waals surface area (Å²) in [5.74, 6) is 1.73. The topological polar surface area (TPSA) is 77.2 Å². The van der Waals surface area contributed by atoms with Gasteiger partial charge in [0.1, 0.15) is 5.75 Å². The number of carbonyl (C=O) groups excluding carboxylic acids is 1. The maximum absolute atomic E-state index is 12.0. The third-order valence-electron chi connectivity index (χ3n) is 3.50. The summed E-state index contributed by atoms with van der Waals surface area (Å²) in [7, 11) is 0. The van der Waals surface area contributed by atoms with Crippen molar-refractivity contribution in [2.24, 2.45) is 0 Å². The van der Waals surface area contributed by atoms with Crippen LogP contribution in [0.3, 0.4) is 0 Å². The van der Waals surface area contributed by atoms with Crippen molar-refractivity contribution in [2.45, 2.75) is 18.6 Å². The fraction of sp³-hybridized carbons (Fsp3) is 0.211. The fourth-order valence-electron chi connectivity index (χ4n) is 2.23. The molecule has 140 valence electrons. The zero-order valence-electron chi connectivity index (χ0n) is 14.6. The third-order valence-corrected chi connectivity index (χ3v) is 4.85. The fourth-order valence-corrected chi connectivity index (χ4v) is 3.20. The van der Waals surface area contributed by atoms with E-state index in [-0.39, 0.29) is 5.91 Å². The quantitative estimate of drug-likeness (QED) is 0.488. The molecule has 0 aliphatic heterocycles. The number of thioether (sulfide) groups is 1. The minimum atomic E-state index is -0.0592. The Morgan fingerprint density at radius 2 is 1.89 bits per heavy atom. The number of rotatable bonds is 8. The normalized spacial score (nSPS) is 10.6. The van der Waals surface area contributed by atoms with E-state index in [2.05, 4.69) is 31.4 Å². The molecule has 8 heteroatoms. The van der Waals surface area contributed by atoms with Crippen LogP contribution in [0.15, 0.2) is 62.6 Å². The number of hydrogen-bond donors (Lipinski definition) is 1. The van der Waals surface area contributed by atoms with E-state index in [9.17, 15) is 4.79 Å². The summed E-state index contributed by atoms with van der Waals surface area (Å²) in [6.07, 6.45) is 0.349. The average molecular weight is 448 g/mol. The van der Waals surface area contributed by atoms with Crippen LogP contribution >= 0.6 is 27.7 Å². The lowest BCUT2D eigenvalue weighted by Crippen LogP contribution is -2.11. The summed E-state index contributed by atoms with van der Waals surface area (Å²) >= 11 is 4.72. The number of aromatic nitrogens is 2. The van der Waals surface area contributed by atoms with E-state index in [1.54, 1.807) is 0 Å². The van der Waals surface area contributed by atoms with Gasteiger partial charge in [0, 0.05) is 27.9 Å². The molecule has 1 N–H and O–H groups in total. The molecule has 1 aromatic heterocycles. The SMILES string of the molecule is CCOc1ccc(-c2nnc(SCCC(=O)Nc3ccc(Br)cc3)o2)cc1. The number of halogens is 1. The first-order valence-corrected chi connectivity index (χ1v) is 10.2. The van der Waals surface area contributed by atoms with E-state index < -0.39 is 0 Å². The molecule has 0 fully saturated rings. The molecule has 2 aromatic carbocycles. The van der Waals surface area contributed by atoms with Crippen LogP contribution in [0.25, 0.3) is 11.5 Å². The minimum absolute atomic E-state index is 0.0592. The largest absolute Gasteiger partial charge is 0.494 e. The van der Waals surface area contributed by atoms with Crippen LogP contribution < -0.4 is 10.1 Å². The molecule has 0 radical (unpaired) electrons. The second kappa shape index (κ2) is 9.57. The Balaban J connectivity index is 1.47. The van der Waals surface area contributed by atoms with Gasteiger partial charge in [-0.15, -0.1) is 10.2 Å². The minimum Gasteiger partial charge on any atom is -0.494 e. The van der Waals surface area contributed by atoms with Gasteiger partial charge in [0.25, 0.3) is 5.22 Å². The van der Waals surface area contributed by atoms with Gasteiger partial charge in [-0.2, -0.15) is 0 Å². The molecule has 0 saturated carbocycles. The summed E-state index contributed by atoms with van der Waals surface area (Å²) in [5.41, 5.74) is 1.59. The van der Waals surface area contributed by atoms with Gasteiger partial charge in [-0.25, -0.2) is 0 Å². The zero-order valence-corrected chi connectivity index (χ0v) is 17.0. The van der Waals surface area contributed by atoms with Gasteiger partial charge in [-0.3, -0.25) is 4.79 Å². The highest BCUT2D eigenvalue weighted by atomic mass is 79.9. The molecule has 1 amide bonds. The van der Waals surface area contributed by atoms with E-state index in [1.165, 1.54) is 11.8 Å². The number of nitrogens with one attached hydrogen (secondary N) is 1. The van der Waals surface area contributed by atoms with Gasteiger partial charge in [0.2, 0.25) is 11.8 Å². The van der Waals surface area contributed by atoms with Crippen molar-refractivity contribution >= 4 is 39.3 Å². The van der Waals surface area contributed by atoms with Crippen LogP contribution in [0, 0.1) is 0 Å². The highest BCUT2D eigenvalue weighted by Crippen LogP contribution is 2.25. The van der Waals surface area contributed by atoms with Crippen molar-refractivity contribution in [3.05, 3.63) is 53.0 Å². The summed E-state index contributed by atoms with van der Waals surface area (Å²) in [6.45, 7) is 2.56. The Kier molecular flexibility index (Phi) is 6.89. The van der Waals surface area contributed by atoms with Gasteiger partial charge in [0.15, 0.2) is 0 Å². The summed E-state index contributed by atoms with van der Waals surface area (Å²) < 4.78 is 12.0. The van der Waals surface area contributed by atoms with Crippen molar-refractivity contribution in [3.63, 3.8) is 0 Å². The van der Waals surface area contributed by atoms with E-state index >= 15 is 0 Å². The van der Waals surface area contributed by atoms with Crippen LogP contribution in [0.4, 0.5) is 5.69 Å². The maximum atomic E-state index is 12.0. The summed E-state index contributed by atoms with van der Waals surface area (Å²) in [6, 6.07) is 14.9.